The topological polar surface area (TPSA) is 67.1 Å². The number of benzene rings is 1. The predicted octanol–water partition coefficient (Wildman–Crippen LogP) is 2.19. The van der Waals surface area contributed by atoms with Crippen LogP contribution in [0.3, 0.4) is 0 Å². The van der Waals surface area contributed by atoms with Crippen LogP contribution in [0.25, 0.3) is 0 Å². The fourth-order valence-electron chi connectivity index (χ4n) is 1.54. The lowest BCUT2D eigenvalue weighted by Gasteiger charge is -2.07. The summed E-state index contributed by atoms with van der Waals surface area (Å²) in [6, 6.07) is 6.95. The van der Waals surface area contributed by atoms with E-state index in [0.29, 0.717) is 5.69 Å². The number of anilines is 2. The summed E-state index contributed by atoms with van der Waals surface area (Å²) in [6.07, 6.45) is 3.73. The minimum absolute atomic E-state index is 0.148. The van der Waals surface area contributed by atoms with E-state index in [1.165, 1.54) is 12.8 Å². The second-order valence-electron chi connectivity index (χ2n) is 4.23. The van der Waals surface area contributed by atoms with Gasteiger partial charge in [0.1, 0.15) is 0 Å². The molecule has 0 unspecified atom stereocenters. The largest absolute Gasteiger partial charge is 0.399 e. The van der Waals surface area contributed by atoms with Crippen molar-refractivity contribution in [2.45, 2.75) is 19.3 Å². The number of rotatable bonds is 4. The lowest BCUT2D eigenvalue weighted by Crippen LogP contribution is -2.29. The Morgan fingerprint density at radius 3 is 2.62 bits per heavy atom. The summed E-state index contributed by atoms with van der Waals surface area (Å²) < 4.78 is 0. The Labute approximate surface area is 95.2 Å². The van der Waals surface area contributed by atoms with Crippen LogP contribution in [0.1, 0.15) is 19.3 Å². The van der Waals surface area contributed by atoms with E-state index in [1.54, 1.807) is 24.3 Å². The van der Waals surface area contributed by atoms with Gasteiger partial charge < -0.3 is 16.4 Å². The highest BCUT2D eigenvalue weighted by Crippen LogP contribution is 2.31. The van der Waals surface area contributed by atoms with Crippen LogP contribution in [0.15, 0.2) is 24.3 Å². The van der Waals surface area contributed by atoms with Crippen molar-refractivity contribution in [3.8, 4) is 0 Å². The van der Waals surface area contributed by atoms with Gasteiger partial charge in [-0.2, -0.15) is 0 Å². The first-order valence-corrected chi connectivity index (χ1v) is 5.64. The molecule has 4 N–H and O–H groups in total. The summed E-state index contributed by atoms with van der Waals surface area (Å²) in [5.74, 6) is 0.844. The zero-order chi connectivity index (χ0) is 11.4. The molecular formula is C12H17N3O. The highest BCUT2D eigenvalue weighted by Gasteiger charge is 2.20. The molecule has 0 atom stereocenters. The molecule has 0 radical (unpaired) electrons. The maximum absolute atomic E-state index is 11.4. The van der Waals surface area contributed by atoms with Gasteiger partial charge in [0, 0.05) is 17.9 Å². The first-order valence-electron chi connectivity index (χ1n) is 5.64. The minimum Gasteiger partial charge on any atom is -0.399 e. The van der Waals surface area contributed by atoms with Gasteiger partial charge in [0.05, 0.1) is 0 Å². The van der Waals surface area contributed by atoms with Crippen molar-refractivity contribution < 1.29 is 4.79 Å². The zero-order valence-corrected chi connectivity index (χ0v) is 9.20. The number of nitrogens with two attached hydrogens (primary N) is 1. The molecule has 4 heteroatoms. The number of hydrogen-bond donors (Lipinski definition) is 3. The van der Waals surface area contributed by atoms with E-state index in [4.69, 9.17) is 5.73 Å². The molecule has 0 heterocycles. The average molecular weight is 219 g/mol. The van der Waals surface area contributed by atoms with Gasteiger partial charge in [-0.25, -0.2) is 4.79 Å². The average Bonchev–Trinajstić information content (AvgIpc) is 3.05. The first kappa shape index (κ1) is 10.8. The van der Waals surface area contributed by atoms with E-state index in [-0.39, 0.29) is 6.03 Å². The number of hydrogen-bond acceptors (Lipinski definition) is 2. The molecular weight excluding hydrogens is 202 g/mol. The molecule has 1 aliphatic rings. The summed E-state index contributed by atoms with van der Waals surface area (Å²) in [7, 11) is 0. The number of carbonyl (C=O) groups excluding carboxylic acids is 1. The van der Waals surface area contributed by atoms with Crippen molar-refractivity contribution >= 4 is 17.4 Å². The third-order valence-corrected chi connectivity index (χ3v) is 2.70. The summed E-state index contributed by atoms with van der Waals surface area (Å²) in [4.78, 5) is 11.4. The fourth-order valence-corrected chi connectivity index (χ4v) is 1.54. The minimum atomic E-state index is -0.148. The van der Waals surface area contributed by atoms with Gasteiger partial charge in [-0.3, -0.25) is 0 Å². The zero-order valence-electron chi connectivity index (χ0n) is 9.20. The molecule has 0 spiro atoms. The van der Waals surface area contributed by atoms with Crippen LogP contribution in [0.5, 0.6) is 0 Å². The quantitative estimate of drug-likeness (QED) is 0.679. The molecule has 1 aromatic rings. The van der Waals surface area contributed by atoms with E-state index in [9.17, 15) is 4.79 Å². The molecule has 86 valence electrons. The van der Waals surface area contributed by atoms with Crippen LogP contribution in [0.4, 0.5) is 16.2 Å². The SMILES string of the molecule is Nc1ccc(NC(=O)NCCC2CC2)cc1. The smallest absolute Gasteiger partial charge is 0.319 e. The Hall–Kier alpha value is -1.71. The van der Waals surface area contributed by atoms with Crippen LogP contribution < -0.4 is 16.4 Å². The van der Waals surface area contributed by atoms with Gasteiger partial charge in [0.25, 0.3) is 0 Å². The summed E-state index contributed by atoms with van der Waals surface area (Å²) in [6.45, 7) is 0.755. The molecule has 0 aliphatic heterocycles. The molecule has 1 aliphatic carbocycles. The van der Waals surface area contributed by atoms with Crippen molar-refractivity contribution in [1.29, 1.82) is 0 Å². The summed E-state index contributed by atoms with van der Waals surface area (Å²) >= 11 is 0. The monoisotopic (exact) mass is 219 g/mol. The highest BCUT2D eigenvalue weighted by molar-refractivity contribution is 5.89. The number of nitrogen functional groups attached to an aromatic ring is 1. The third kappa shape index (κ3) is 3.46. The Morgan fingerprint density at radius 2 is 2.00 bits per heavy atom. The highest BCUT2D eigenvalue weighted by atomic mass is 16.2. The van der Waals surface area contributed by atoms with Gasteiger partial charge in [0.2, 0.25) is 0 Å². The van der Waals surface area contributed by atoms with E-state index in [0.717, 1.165) is 24.6 Å². The number of carbonyl (C=O) groups is 1. The van der Waals surface area contributed by atoms with Gasteiger partial charge in [-0.1, -0.05) is 12.8 Å². The molecule has 2 amide bonds. The van der Waals surface area contributed by atoms with Crippen LogP contribution in [-0.2, 0) is 0 Å². The Bertz CT molecular complexity index is 357. The third-order valence-electron chi connectivity index (χ3n) is 2.70. The molecule has 16 heavy (non-hydrogen) atoms. The van der Waals surface area contributed by atoms with Crippen molar-refractivity contribution in [1.82, 2.24) is 5.32 Å². The summed E-state index contributed by atoms with van der Waals surface area (Å²) in [5.41, 5.74) is 7.01. The van der Waals surface area contributed by atoms with Crippen molar-refractivity contribution in [3.05, 3.63) is 24.3 Å². The molecule has 0 aromatic heterocycles. The second kappa shape index (κ2) is 4.88. The molecule has 0 saturated heterocycles. The molecule has 1 saturated carbocycles. The van der Waals surface area contributed by atoms with Gasteiger partial charge in [-0.05, 0) is 36.6 Å². The predicted molar refractivity (Wildman–Crippen MR) is 65.2 cm³/mol. The summed E-state index contributed by atoms with van der Waals surface area (Å²) in [5, 5.41) is 5.59. The molecule has 4 nitrogen and oxygen atoms in total. The molecule has 0 bridgehead atoms. The van der Waals surface area contributed by atoms with Crippen molar-refractivity contribution in [2.75, 3.05) is 17.6 Å². The Balaban J connectivity index is 1.70. The molecule has 2 rings (SSSR count). The Kier molecular flexibility index (Phi) is 3.29. The maximum atomic E-state index is 11.4. The van der Waals surface area contributed by atoms with Gasteiger partial charge >= 0.3 is 6.03 Å². The lowest BCUT2D eigenvalue weighted by molar-refractivity contribution is 0.252. The van der Waals surface area contributed by atoms with Crippen molar-refractivity contribution in [3.63, 3.8) is 0 Å². The fraction of sp³-hybridized carbons (Fsp3) is 0.417. The van der Waals surface area contributed by atoms with Gasteiger partial charge in [-0.15, -0.1) is 0 Å². The van der Waals surface area contributed by atoms with E-state index in [2.05, 4.69) is 10.6 Å². The lowest BCUT2D eigenvalue weighted by atomic mass is 10.3. The van der Waals surface area contributed by atoms with E-state index in [1.807, 2.05) is 0 Å². The van der Waals surface area contributed by atoms with E-state index < -0.39 is 0 Å². The first-order chi connectivity index (χ1) is 7.74. The second-order valence-corrected chi connectivity index (χ2v) is 4.23. The number of urea groups is 1. The van der Waals surface area contributed by atoms with Crippen LogP contribution >= 0.6 is 0 Å². The van der Waals surface area contributed by atoms with Crippen LogP contribution in [0.2, 0.25) is 0 Å². The standard InChI is InChI=1S/C12H17N3O/c13-10-3-5-11(6-4-10)15-12(16)14-8-7-9-1-2-9/h3-6,9H,1-2,7-8,13H2,(H2,14,15,16). The maximum Gasteiger partial charge on any atom is 0.319 e. The normalized spacial score (nSPS) is 14.5. The molecule has 1 fully saturated rings. The van der Waals surface area contributed by atoms with Gasteiger partial charge in [0.15, 0.2) is 0 Å². The van der Waals surface area contributed by atoms with Crippen molar-refractivity contribution in [2.24, 2.45) is 5.92 Å². The van der Waals surface area contributed by atoms with Crippen LogP contribution in [0, 0.1) is 5.92 Å². The number of amides is 2. The Morgan fingerprint density at radius 1 is 1.31 bits per heavy atom. The number of nitrogens with one attached hydrogen (secondary N) is 2. The van der Waals surface area contributed by atoms with E-state index >= 15 is 0 Å². The molecule has 1 aromatic carbocycles. The van der Waals surface area contributed by atoms with Crippen LogP contribution in [-0.4, -0.2) is 12.6 Å².